The molecule has 0 N–H and O–H groups in total. The van der Waals surface area contributed by atoms with E-state index >= 15 is 0 Å². The van der Waals surface area contributed by atoms with Crippen LogP contribution in [0.1, 0.15) is 31.7 Å². The molecular weight excluding hydrogens is 228 g/mol. The lowest BCUT2D eigenvalue weighted by Crippen LogP contribution is -2.29. The summed E-state index contributed by atoms with van der Waals surface area (Å²) in [5, 5.41) is 0. The highest BCUT2D eigenvalue weighted by molar-refractivity contribution is 5.40. The van der Waals surface area contributed by atoms with Gasteiger partial charge in [0.15, 0.2) is 0 Å². The molecule has 0 fully saturated rings. The minimum Gasteiger partial charge on any atom is -0.497 e. The molecule has 0 bridgehead atoms. The SMILES string of the molecule is COc1ccc2c(c1)CCCC(C)(OC)CCO2. The van der Waals surface area contributed by atoms with Crippen LogP contribution in [0.2, 0.25) is 0 Å². The number of benzene rings is 1. The van der Waals surface area contributed by atoms with Gasteiger partial charge in [0.25, 0.3) is 0 Å². The van der Waals surface area contributed by atoms with E-state index in [1.165, 1.54) is 5.56 Å². The average Bonchev–Trinajstić information content (AvgIpc) is 2.47. The third kappa shape index (κ3) is 2.96. The minimum absolute atomic E-state index is 0.0634. The third-order valence-electron chi connectivity index (χ3n) is 3.80. The molecular formula is C15H22O3. The number of ether oxygens (including phenoxy) is 3. The monoisotopic (exact) mass is 250 g/mol. The van der Waals surface area contributed by atoms with Crippen LogP contribution < -0.4 is 9.47 Å². The van der Waals surface area contributed by atoms with Crippen molar-refractivity contribution in [3.63, 3.8) is 0 Å². The summed E-state index contributed by atoms with van der Waals surface area (Å²) in [4.78, 5) is 0. The van der Waals surface area contributed by atoms with E-state index in [9.17, 15) is 0 Å². The Kier molecular flexibility index (Phi) is 4.12. The second-order valence-corrected chi connectivity index (χ2v) is 5.08. The number of rotatable bonds is 2. The summed E-state index contributed by atoms with van der Waals surface area (Å²) in [6, 6.07) is 6.03. The van der Waals surface area contributed by atoms with Gasteiger partial charge in [0.1, 0.15) is 11.5 Å². The summed E-state index contributed by atoms with van der Waals surface area (Å²) >= 11 is 0. The van der Waals surface area contributed by atoms with Crippen LogP contribution in [-0.4, -0.2) is 26.4 Å². The zero-order valence-electron chi connectivity index (χ0n) is 11.5. The Hall–Kier alpha value is -1.22. The zero-order valence-corrected chi connectivity index (χ0v) is 11.5. The molecule has 0 amide bonds. The highest BCUT2D eigenvalue weighted by Crippen LogP contribution is 2.30. The Balaban J connectivity index is 2.16. The van der Waals surface area contributed by atoms with Gasteiger partial charge in [0, 0.05) is 13.5 Å². The maximum Gasteiger partial charge on any atom is 0.122 e. The fourth-order valence-corrected chi connectivity index (χ4v) is 2.38. The molecule has 0 saturated carbocycles. The molecule has 0 saturated heterocycles. The molecule has 1 aliphatic heterocycles. The van der Waals surface area contributed by atoms with Crippen molar-refractivity contribution in [2.24, 2.45) is 0 Å². The van der Waals surface area contributed by atoms with Crippen molar-refractivity contribution in [3.05, 3.63) is 23.8 Å². The van der Waals surface area contributed by atoms with E-state index in [-0.39, 0.29) is 5.60 Å². The van der Waals surface area contributed by atoms with Crippen molar-refractivity contribution in [3.8, 4) is 11.5 Å². The van der Waals surface area contributed by atoms with Gasteiger partial charge < -0.3 is 14.2 Å². The Bertz CT molecular complexity index is 403. The summed E-state index contributed by atoms with van der Waals surface area (Å²) in [7, 11) is 3.48. The molecule has 1 aromatic rings. The van der Waals surface area contributed by atoms with Gasteiger partial charge in [-0.2, -0.15) is 0 Å². The smallest absolute Gasteiger partial charge is 0.122 e. The average molecular weight is 250 g/mol. The molecule has 1 aromatic carbocycles. The molecule has 0 spiro atoms. The van der Waals surface area contributed by atoms with Crippen molar-refractivity contribution in [2.75, 3.05) is 20.8 Å². The van der Waals surface area contributed by atoms with Crippen LogP contribution in [0.4, 0.5) is 0 Å². The van der Waals surface area contributed by atoms with Gasteiger partial charge in [-0.1, -0.05) is 0 Å². The van der Waals surface area contributed by atoms with E-state index in [0.717, 1.165) is 37.2 Å². The second kappa shape index (κ2) is 5.61. The number of hydrogen-bond acceptors (Lipinski definition) is 3. The Labute approximate surface area is 109 Å². The standard InChI is InChI=1S/C15H22O3/c1-15(17-3)8-4-5-12-11-13(16-2)6-7-14(12)18-10-9-15/h6-7,11H,4-5,8-10H2,1-3H3. The zero-order chi connectivity index (χ0) is 13.0. The first kappa shape index (κ1) is 13.2. The lowest BCUT2D eigenvalue weighted by atomic mass is 9.94. The Morgan fingerprint density at radius 3 is 2.78 bits per heavy atom. The van der Waals surface area contributed by atoms with Crippen LogP contribution in [0.3, 0.4) is 0 Å². The largest absolute Gasteiger partial charge is 0.497 e. The Morgan fingerprint density at radius 2 is 2.06 bits per heavy atom. The molecule has 100 valence electrons. The van der Waals surface area contributed by atoms with E-state index < -0.39 is 0 Å². The fourth-order valence-electron chi connectivity index (χ4n) is 2.38. The van der Waals surface area contributed by atoms with E-state index in [4.69, 9.17) is 14.2 Å². The highest BCUT2D eigenvalue weighted by Gasteiger charge is 2.24. The molecule has 1 heterocycles. The molecule has 1 unspecified atom stereocenters. The fraction of sp³-hybridized carbons (Fsp3) is 0.600. The lowest BCUT2D eigenvalue weighted by Gasteiger charge is -2.27. The van der Waals surface area contributed by atoms with Crippen LogP contribution in [0.5, 0.6) is 11.5 Å². The lowest BCUT2D eigenvalue weighted by molar-refractivity contribution is -0.0171. The van der Waals surface area contributed by atoms with E-state index in [1.807, 2.05) is 12.1 Å². The first-order valence-electron chi connectivity index (χ1n) is 6.52. The predicted molar refractivity (Wildman–Crippen MR) is 71.5 cm³/mol. The first-order chi connectivity index (χ1) is 8.67. The number of methoxy groups -OCH3 is 2. The quantitative estimate of drug-likeness (QED) is 0.806. The van der Waals surface area contributed by atoms with Crippen LogP contribution in [0.25, 0.3) is 0 Å². The van der Waals surface area contributed by atoms with E-state index in [2.05, 4.69) is 13.0 Å². The topological polar surface area (TPSA) is 27.7 Å². The molecule has 3 nitrogen and oxygen atoms in total. The number of aryl methyl sites for hydroxylation is 1. The van der Waals surface area contributed by atoms with Gasteiger partial charge in [-0.05, 0) is 49.9 Å². The maximum absolute atomic E-state index is 5.87. The summed E-state index contributed by atoms with van der Waals surface area (Å²) in [5.41, 5.74) is 1.17. The molecule has 2 rings (SSSR count). The molecule has 0 aromatic heterocycles. The molecule has 3 heteroatoms. The van der Waals surface area contributed by atoms with Crippen molar-refractivity contribution < 1.29 is 14.2 Å². The molecule has 0 aliphatic carbocycles. The Morgan fingerprint density at radius 1 is 1.22 bits per heavy atom. The second-order valence-electron chi connectivity index (χ2n) is 5.08. The van der Waals surface area contributed by atoms with Gasteiger partial charge in [-0.3, -0.25) is 0 Å². The van der Waals surface area contributed by atoms with Gasteiger partial charge in [-0.15, -0.1) is 0 Å². The maximum atomic E-state index is 5.87. The summed E-state index contributed by atoms with van der Waals surface area (Å²) < 4.78 is 16.7. The third-order valence-corrected chi connectivity index (χ3v) is 3.80. The predicted octanol–water partition coefficient (Wildman–Crippen LogP) is 3.21. The first-order valence-corrected chi connectivity index (χ1v) is 6.52. The molecule has 1 aliphatic rings. The molecule has 0 radical (unpaired) electrons. The van der Waals surface area contributed by atoms with Crippen LogP contribution in [0.15, 0.2) is 18.2 Å². The summed E-state index contributed by atoms with van der Waals surface area (Å²) in [6.07, 6.45) is 4.10. The molecule has 1 atom stereocenters. The normalized spacial score (nSPS) is 24.2. The number of fused-ring (bicyclic) bond motifs is 1. The summed E-state index contributed by atoms with van der Waals surface area (Å²) in [5.74, 6) is 1.88. The van der Waals surface area contributed by atoms with Crippen LogP contribution in [0, 0.1) is 0 Å². The van der Waals surface area contributed by atoms with Gasteiger partial charge in [0.2, 0.25) is 0 Å². The van der Waals surface area contributed by atoms with E-state index in [1.54, 1.807) is 14.2 Å². The number of hydrogen-bond donors (Lipinski definition) is 0. The van der Waals surface area contributed by atoms with Gasteiger partial charge in [-0.25, -0.2) is 0 Å². The van der Waals surface area contributed by atoms with Gasteiger partial charge >= 0.3 is 0 Å². The van der Waals surface area contributed by atoms with E-state index in [0.29, 0.717) is 6.61 Å². The summed E-state index contributed by atoms with van der Waals surface area (Å²) in [6.45, 7) is 2.86. The van der Waals surface area contributed by atoms with Crippen molar-refractivity contribution in [1.82, 2.24) is 0 Å². The molecule has 18 heavy (non-hydrogen) atoms. The van der Waals surface area contributed by atoms with Crippen molar-refractivity contribution >= 4 is 0 Å². The van der Waals surface area contributed by atoms with Crippen molar-refractivity contribution in [1.29, 1.82) is 0 Å². The van der Waals surface area contributed by atoms with Crippen LogP contribution >= 0.6 is 0 Å². The van der Waals surface area contributed by atoms with Gasteiger partial charge in [0.05, 0.1) is 19.3 Å². The highest BCUT2D eigenvalue weighted by atomic mass is 16.5. The minimum atomic E-state index is -0.0634. The van der Waals surface area contributed by atoms with Crippen LogP contribution in [-0.2, 0) is 11.2 Å². The van der Waals surface area contributed by atoms with Crippen molar-refractivity contribution in [2.45, 2.75) is 38.2 Å².